The Morgan fingerprint density at radius 1 is 0.875 bits per heavy atom. The van der Waals surface area contributed by atoms with Crippen LogP contribution in [0.25, 0.3) is 0 Å². The lowest BCUT2D eigenvalue weighted by atomic mass is 9.97. The Morgan fingerprint density at radius 3 is 1.83 bits per heavy atom. The van der Waals surface area contributed by atoms with E-state index in [-0.39, 0.29) is 0 Å². The van der Waals surface area contributed by atoms with Gasteiger partial charge in [0, 0.05) is 39.3 Å². The van der Waals surface area contributed by atoms with Crippen molar-refractivity contribution in [3.8, 4) is 0 Å². The second kappa shape index (κ2) is 12.3. The molecule has 3 aliphatic rings. The fourth-order valence-corrected chi connectivity index (χ4v) is 3.83. The van der Waals surface area contributed by atoms with Gasteiger partial charge in [0.05, 0.1) is 0 Å². The van der Waals surface area contributed by atoms with Gasteiger partial charge in [-0.2, -0.15) is 0 Å². The van der Waals surface area contributed by atoms with Crippen LogP contribution in [-0.4, -0.2) is 62.2 Å². The van der Waals surface area contributed by atoms with Crippen LogP contribution in [-0.2, 0) is 0 Å². The number of piperazine rings is 1. The van der Waals surface area contributed by atoms with E-state index in [2.05, 4.69) is 35.9 Å². The van der Waals surface area contributed by atoms with E-state index in [4.69, 9.17) is 0 Å². The van der Waals surface area contributed by atoms with Crippen LogP contribution < -0.4 is 5.32 Å². The Hall–Kier alpha value is -0.120. The van der Waals surface area contributed by atoms with E-state index in [1.54, 1.807) is 0 Å². The Morgan fingerprint density at radius 2 is 1.38 bits per heavy atom. The minimum absolute atomic E-state index is 0.733. The van der Waals surface area contributed by atoms with Gasteiger partial charge in [0.2, 0.25) is 0 Å². The van der Waals surface area contributed by atoms with Crippen molar-refractivity contribution in [1.29, 1.82) is 0 Å². The van der Waals surface area contributed by atoms with E-state index in [0.29, 0.717) is 0 Å². The summed E-state index contributed by atoms with van der Waals surface area (Å²) in [6, 6.07) is 0. The van der Waals surface area contributed by atoms with Crippen molar-refractivity contribution in [2.45, 2.75) is 73.1 Å². The minimum Gasteiger partial charge on any atom is -0.317 e. The Bertz CT molecular complexity index is 287. The van der Waals surface area contributed by atoms with Crippen LogP contribution in [0.2, 0.25) is 0 Å². The van der Waals surface area contributed by atoms with Gasteiger partial charge in [0.25, 0.3) is 0 Å². The lowest BCUT2D eigenvalue weighted by molar-refractivity contribution is 0.0955. The zero-order valence-corrected chi connectivity index (χ0v) is 17.4. The largest absolute Gasteiger partial charge is 0.317 e. The second-order valence-electron chi connectivity index (χ2n) is 7.83. The molecule has 2 saturated heterocycles. The molecule has 0 aromatic carbocycles. The van der Waals surface area contributed by atoms with Gasteiger partial charge in [-0.3, -0.25) is 0 Å². The standard InChI is InChI=1S/C16H31N3.C3H8.C2H6/c1-2-16(5-6-16)14-19-11-9-18(10-12-19)13-15-3-7-17-8-4-15;1-3-2;1-2/h15,17H,2-14H2,1H3;3H2,1-2H3;1-2H3. The molecule has 3 fully saturated rings. The number of piperidine rings is 1. The van der Waals surface area contributed by atoms with Gasteiger partial charge in [0.15, 0.2) is 0 Å². The predicted octanol–water partition coefficient (Wildman–Crippen LogP) is 4.24. The van der Waals surface area contributed by atoms with Crippen LogP contribution in [0.1, 0.15) is 73.1 Å². The van der Waals surface area contributed by atoms with Gasteiger partial charge in [-0.1, -0.05) is 41.0 Å². The van der Waals surface area contributed by atoms with E-state index < -0.39 is 0 Å². The Kier molecular flexibility index (Phi) is 11.2. The van der Waals surface area contributed by atoms with E-state index in [9.17, 15) is 0 Å². The first-order valence-electron chi connectivity index (χ1n) is 10.9. The molecule has 24 heavy (non-hydrogen) atoms. The van der Waals surface area contributed by atoms with Gasteiger partial charge in [-0.15, -0.1) is 0 Å². The summed E-state index contributed by atoms with van der Waals surface area (Å²) in [7, 11) is 0. The van der Waals surface area contributed by atoms with Crippen molar-refractivity contribution in [2.24, 2.45) is 11.3 Å². The molecule has 0 bridgehead atoms. The third-order valence-corrected chi connectivity index (χ3v) is 5.71. The summed E-state index contributed by atoms with van der Waals surface area (Å²) in [6.07, 6.45) is 8.39. The molecule has 1 N–H and O–H groups in total. The van der Waals surface area contributed by atoms with Crippen molar-refractivity contribution in [3.05, 3.63) is 0 Å². The number of hydrogen-bond donors (Lipinski definition) is 1. The fourth-order valence-electron chi connectivity index (χ4n) is 3.83. The molecule has 0 amide bonds. The quantitative estimate of drug-likeness (QED) is 0.808. The highest BCUT2D eigenvalue weighted by molar-refractivity contribution is 4.95. The van der Waals surface area contributed by atoms with Crippen molar-refractivity contribution >= 4 is 0 Å². The van der Waals surface area contributed by atoms with Crippen LogP contribution in [0, 0.1) is 11.3 Å². The fraction of sp³-hybridized carbons (Fsp3) is 1.00. The zero-order valence-electron chi connectivity index (χ0n) is 17.4. The van der Waals surface area contributed by atoms with Gasteiger partial charge >= 0.3 is 0 Å². The Balaban J connectivity index is 0.000000521. The highest BCUT2D eigenvalue weighted by atomic mass is 15.3. The maximum absolute atomic E-state index is 3.47. The molecule has 1 saturated carbocycles. The van der Waals surface area contributed by atoms with E-state index in [1.807, 2.05) is 13.8 Å². The molecule has 0 unspecified atom stereocenters. The van der Waals surface area contributed by atoms with Gasteiger partial charge in [-0.05, 0) is 56.5 Å². The summed E-state index contributed by atoms with van der Waals surface area (Å²) < 4.78 is 0. The summed E-state index contributed by atoms with van der Waals surface area (Å²) in [4.78, 5) is 5.45. The van der Waals surface area contributed by atoms with Crippen molar-refractivity contribution in [3.63, 3.8) is 0 Å². The number of nitrogens with one attached hydrogen (secondary N) is 1. The normalized spacial score (nSPS) is 24.4. The molecule has 2 heterocycles. The smallest absolute Gasteiger partial charge is 0.0110 e. The molecule has 3 rings (SSSR count). The first-order chi connectivity index (χ1) is 11.7. The molecule has 144 valence electrons. The van der Waals surface area contributed by atoms with E-state index in [1.165, 1.54) is 90.9 Å². The molecule has 2 aliphatic heterocycles. The zero-order chi connectivity index (χ0) is 17.8. The molecule has 3 heteroatoms. The average molecular weight is 340 g/mol. The minimum atomic E-state index is 0.733. The third kappa shape index (κ3) is 7.84. The topological polar surface area (TPSA) is 18.5 Å². The maximum Gasteiger partial charge on any atom is 0.0110 e. The molecular formula is C21H45N3. The van der Waals surface area contributed by atoms with Crippen LogP contribution in [0.15, 0.2) is 0 Å². The average Bonchev–Trinajstić information content (AvgIpc) is 3.40. The molecule has 0 radical (unpaired) electrons. The highest BCUT2D eigenvalue weighted by Gasteiger charge is 2.42. The monoisotopic (exact) mass is 339 g/mol. The SMILES string of the molecule is CC.CCC.CCC1(CN2CCN(CC3CCNCC3)CC2)CC1. The van der Waals surface area contributed by atoms with Crippen LogP contribution >= 0.6 is 0 Å². The maximum atomic E-state index is 3.47. The van der Waals surface area contributed by atoms with Gasteiger partial charge < -0.3 is 15.1 Å². The first-order valence-corrected chi connectivity index (χ1v) is 10.9. The van der Waals surface area contributed by atoms with E-state index in [0.717, 1.165) is 11.3 Å². The van der Waals surface area contributed by atoms with Crippen LogP contribution in [0.5, 0.6) is 0 Å². The van der Waals surface area contributed by atoms with Crippen LogP contribution in [0.4, 0.5) is 0 Å². The van der Waals surface area contributed by atoms with Gasteiger partial charge in [-0.25, -0.2) is 0 Å². The summed E-state index contributed by atoms with van der Waals surface area (Å²) in [5.41, 5.74) is 0.733. The van der Waals surface area contributed by atoms with Gasteiger partial charge in [0.1, 0.15) is 0 Å². The number of hydrogen-bond acceptors (Lipinski definition) is 3. The number of rotatable bonds is 5. The molecule has 0 aromatic rings. The lowest BCUT2D eigenvalue weighted by Crippen LogP contribution is -2.49. The van der Waals surface area contributed by atoms with Crippen molar-refractivity contribution in [2.75, 3.05) is 52.4 Å². The number of nitrogens with zero attached hydrogens (tertiary/aromatic N) is 2. The molecule has 0 spiro atoms. The Labute approximate surface area is 152 Å². The highest BCUT2D eigenvalue weighted by Crippen LogP contribution is 2.49. The molecule has 0 aromatic heterocycles. The predicted molar refractivity (Wildman–Crippen MR) is 108 cm³/mol. The molecule has 1 aliphatic carbocycles. The summed E-state index contributed by atoms with van der Waals surface area (Å²) in [5, 5.41) is 3.47. The van der Waals surface area contributed by atoms with E-state index >= 15 is 0 Å². The lowest BCUT2D eigenvalue weighted by Gasteiger charge is -2.38. The first kappa shape index (κ1) is 21.9. The molecule has 3 nitrogen and oxygen atoms in total. The van der Waals surface area contributed by atoms with Crippen molar-refractivity contribution < 1.29 is 0 Å². The van der Waals surface area contributed by atoms with Crippen molar-refractivity contribution in [1.82, 2.24) is 15.1 Å². The summed E-state index contributed by atoms with van der Waals surface area (Å²) in [5.74, 6) is 0.957. The molecular weight excluding hydrogens is 294 g/mol. The van der Waals surface area contributed by atoms with Crippen LogP contribution in [0.3, 0.4) is 0 Å². The summed E-state index contributed by atoms with van der Waals surface area (Å²) in [6.45, 7) is 21.1. The molecule has 0 atom stereocenters. The second-order valence-corrected chi connectivity index (χ2v) is 7.83. The summed E-state index contributed by atoms with van der Waals surface area (Å²) >= 11 is 0. The third-order valence-electron chi connectivity index (χ3n) is 5.71.